The number of rotatable bonds is 19. The Balaban J connectivity index is 5.60. The number of primary amides is 1. The highest BCUT2D eigenvalue weighted by atomic mass is 32.2. The predicted octanol–water partition coefficient (Wildman–Crippen LogP) is -3.60. The van der Waals surface area contributed by atoms with Crippen molar-refractivity contribution < 1.29 is 39.0 Å². The first kappa shape index (κ1) is 33.4. The zero-order valence-corrected chi connectivity index (χ0v) is 21.3. The first-order valence-corrected chi connectivity index (χ1v) is 12.6. The quantitative estimate of drug-likeness (QED) is 0.0429. The molecular formula is C20H36N8O8S. The number of aliphatic imine (C=N–C) groups is 1. The number of aliphatic carboxylic acids is 2. The van der Waals surface area contributed by atoms with Crippen molar-refractivity contribution >= 4 is 53.3 Å². The third-order valence-electron chi connectivity index (χ3n) is 4.85. The number of amides is 4. The summed E-state index contributed by atoms with van der Waals surface area (Å²) in [5.41, 5.74) is 21.4. The van der Waals surface area contributed by atoms with Gasteiger partial charge in [-0.15, -0.1) is 0 Å². The number of nitrogens with zero attached hydrogens (tertiary/aromatic N) is 1. The number of carbonyl (C=O) groups is 6. The van der Waals surface area contributed by atoms with E-state index in [1.807, 2.05) is 0 Å². The Morgan fingerprint density at radius 1 is 0.838 bits per heavy atom. The standard InChI is InChI=1S/C20H36N8O8S/c1-37-8-6-12(19(35)36)27-18(34)13(9-14(22)29)28-17(33)11(3-2-7-25-20(23)24)26-16(32)10(21)4-5-15(30)31/h10-13H,2-9,21H2,1H3,(H2,22,29)(H,26,32)(H,27,34)(H,28,33)(H,30,31)(H,35,36)(H4,23,24,25). The molecule has 0 aliphatic heterocycles. The molecule has 4 amide bonds. The van der Waals surface area contributed by atoms with E-state index in [1.165, 1.54) is 11.8 Å². The molecule has 0 aliphatic rings. The molecule has 0 aliphatic carbocycles. The van der Waals surface area contributed by atoms with Crippen LogP contribution in [0.2, 0.25) is 0 Å². The summed E-state index contributed by atoms with van der Waals surface area (Å²) >= 11 is 1.37. The van der Waals surface area contributed by atoms with Crippen LogP contribution in [0.5, 0.6) is 0 Å². The molecule has 13 N–H and O–H groups in total. The maximum Gasteiger partial charge on any atom is 0.326 e. The number of guanidine groups is 1. The average molecular weight is 549 g/mol. The summed E-state index contributed by atoms with van der Waals surface area (Å²) in [6.07, 6.45) is 0.836. The Kier molecular flexibility index (Phi) is 16.0. The smallest absolute Gasteiger partial charge is 0.326 e. The van der Waals surface area contributed by atoms with Gasteiger partial charge in [-0.2, -0.15) is 11.8 Å². The molecule has 0 aromatic heterocycles. The van der Waals surface area contributed by atoms with Crippen LogP contribution in [0.15, 0.2) is 4.99 Å². The van der Waals surface area contributed by atoms with Gasteiger partial charge in [0, 0.05) is 13.0 Å². The minimum absolute atomic E-state index is 0.0175. The summed E-state index contributed by atoms with van der Waals surface area (Å²) in [7, 11) is 0. The normalized spacial score (nSPS) is 13.8. The molecule has 4 atom stereocenters. The highest BCUT2D eigenvalue weighted by Gasteiger charge is 2.31. The van der Waals surface area contributed by atoms with Crippen LogP contribution >= 0.6 is 11.8 Å². The van der Waals surface area contributed by atoms with Crippen molar-refractivity contribution in [3.63, 3.8) is 0 Å². The number of nitrogens with two attached hydrogens (primary N) is 4. The SMILES string of the molecule is CSCCC(NC(=O)C(CC(N)=O)NC(=O)C(CCCN=C(N)N)NC(=O)C(N)CCC(=O)O)C(=O)O. The fourth-order valence-electron chi connectivity index (χ4n) is 2.91. The molecule has 210 valence electrons. The Morgan fingerprint density at radius 2 is 1.41 bits per heavy atom. The van der Waals surface area contributed by atoms with Gasteiger partial charge in [-0.05, 0) is 37.7 Å². The summed E-state index contributed by atoms with van der Waals surface area (Å²) in [5.74, 6) is -5.82. The summed E-state index contributed by atoms with van der Waals surface area (Å²) in [6.45, 7) is 0.105. The van der Waals surface area contributed by atoms with Gasteiger partial charge in [-0.3, -0.25) is 29.0 Å². The Bertz CT molecular complexity index is 852. The van der Waals surface area contributed by atoms with E-state index in [4.69, 9.17) is 28.0 Å². The zero-order valence-electron chi connectivity index (χ0n) is 20.5. The van der Waals surface area contributed by atoms with Crippen LogP contribution in [0.1, 0.15) is 38.5 Å². The molecule has 0 heterocycles. The van der Waals surface area contributed by atoms with Crippen molar-refractivity contribution in [1.82, 2.24) is 16.0 Å². The van der Waals surface area contributed by atoms with E-state index in [2.05, 4.69) is 20.9 Å². The second kappa shape index (κ2) is 17.8. The number of thioether (sulfide) groups is 1. The molecule has 17 heteroatoms. The maximum atomic E-state index is 13.0. The fraction of sp³-hybridized carbons (Fsp3) is 0.650. The van der Waals surface area contributed by atoms with Gasteiger partial charge in [0.05, 0.1) is 12.5 Å². The summed E-state index contributed by atoms with van der Waals surface area (Å²) in [4.78, 5) is 75.6. The van der Waals surface area contributed by atoms with Gasteiger partial charge in [0.1, 0.15) is 18.1 Å². The largest absolute Gasteiger partial charge is 0.481 e. The van der Waals surface area contributed by atoms with Crippen molar-refractivity contribution in [2.75, 3.05) is 18.6 Å². The minimum Gasteiger partial charge on any atom is -0.481 e. The lowest BCUT2D eigenvalue weighted by molar-refractivity contribution is -0.142. The van der Waals surface area contributed by atoms with Crippen LogP contribution < -0.4 is 38.9 Å². The van der Waals surface area contributed by atoms with Crippen LogP contribution in [0.25, 0.3) is 0 Å². The summed E-state index contributed by atoms with van der Waals surface area (Å²) < 4.78 is 0. The number of hydrogen-bond donors (Lipinski definition) is 9. The van der Waals surface area contributed by atoms with Gasteiger partial charge >= 0.3 is 11.9 Å². The van der Waals surface area contributed by atoms with Crippen LogP contribution in [-0.4, -0.2) is 94.5 Å². The van der Waals surface area contributed by atoms with E-state index < -0.39 is 66.2 Å². The molecule has 37 heavy (non-hydrogen) atoms. The molecule has 0 spiro atoms. The van der Waals surface area contributed by atoms with Crippen LogP contribution in [0.3, 0.4) is 0 Å². The van der Waals surface area contributed by atoms with Crippen LogP contribution in [0, 0.1) is 0 Å². The number of carbonyl (C=O) groups excluding carboxylic acids is 4. The second-order valence-corrected chi connectivity index (χ2v) is 8.95. The van der Waals surface area contributed by atoms with Gasteiger partial charge in [0.2, 0.25) is 23.6 Å². The van der Waals surface area contributed by atoms with Gasteiger partial charge in [-0.25, -0.2) is 4.79 Å². The van der Waals surface area contributed by atoms with E-state index >= 15 is 0 Å². The number of hydrogen-bond acceptors (Lipinski definition) is 9. The van der Waals surface area contributed by atoms with Crippen molar-refractivity contribution in [2.45, 2.75) is 62.7 Å². The third kappa shape index (κ3) is 15.2. The lowest BCUT2D eigenvalue weighted by Gasteiger charge is -2.24. The highest BCUT2D eigenvalue weighted by Crippen LogP contribution is 2.05. The minimum atomic E-state index is -1.53. The Labute approximate surface area is 217 Å². The van der Waals surface area contributed by atoms with E-state index in [0.717, 1.165) is 0 Å². The van der Waals surface area contributed by atoms with Crippen molar-refractivity contribution in [3.8, 4) is 0 Å². The second-order valence-electron chi connectivity index (χ2n) is 7.96. The van der Waals surface area contributed by atoms with Gasteiger partial charge < -0.3 is 49.1 Å². The van der Waals surface area contributed by atoms with Gasteiger partial charge in [-0.1, -0.05) is 0 Å². The number of carboxylic acid groups (broad SMARTS) is 2. The molecule has 0 fully saturated rings. The fourth-order valence-corrected chi connectivity index (χ4v) is 3.38. The van der Waals surface area contributed by atoms with Crippen LogP contribution in [-0.2, 0) is 28.8 Å². The summed E-state index contributed by atoms with van der Waals surface area (Å²) in [6, 6.07) is -5.30. The molecular weight excluding hydrogens is 512 g/mol. The molecule has 0 saturated heterocycles. The highest BCUT2D eigenvalue weighted by molar-refractivity contribution is 7.98. The lowest BCUT2D eigenvalue weighted by atomic mass is 10.1. The van der Waals surface area contributed by atoms with Crippen molar-refractivity contribution in [1.29, 1.82) is 0 Å². The molecule has 0 saturated carbocycles. The van der Waals surface area contributed by atoms with Crippen molar-refractivity contribution in [3.05, 3.63) is 0 Å². The van der Waals surface area contributed by atoms with E-state index in [0.29, 0.717) is 5.75 Å². The molecule has 0 rings (SSSR count). The monoisotopic (exact) mass is 548 g/mol. The molecule has 0 aromatic rings. The van der Waals surface area contributed by atoms with Gasteiger partial charge in [0.25, 0.3) is 0 Å². The zero-order chi connectivity index (χ0) is 28.5. The third-order valence-corrected chi connectivity index (χ3v) is 5.49. The summed E-state index contributed by atoms with van der Waals surface area (Å²) in [5, 5.41) is 25.1. The van der Waals surface area contributed by atoms with E-state index in [1.54, 1.807) is 6.26 Å². The average Bonchev–Trinajstić information content (AvgIpc) is 2.80. The molecule has 0 radical (unpaired) electrons. The lowest BCUT2D eigenvalue weighted by Crippen LogP contribution is -2.57. The molecule has 16 nitrogen and oxygen atoms in total. The molecule has 4 unspecified atom stereocenters. The number of carboxylic acids is 2. The molecule has 0 aromatic carbocycles. The first-order valence-electron chi connectivity index (χ1n) is 11.2. The van der Waals surface area contributed by atoms with E-state index in [9.17, 15) is 33.9 Å². The Morgan fingerprint density at radius 3 is 1.92 bits per heavy atom. The topological polar surface area (TPSA) is 295 Å². The number of nitrogens with one attached hydrogen (secondary N) is 3. The van der Waals surface area contributed by atoms with Crippen LogP contribution in [0.4, 0.5) is 0 Å². The predicted molar refractivity (Wildman–Crippen MR) is 135 cm³/mol. The maximum absolute atomic E-state index is 13.0. The van der Waals surface area contributed by atoms with Gasteiger partial charge in [0.15, 0.2) is 5.96 Å². The van der Waals surface area contributed by atoms with Crippen molar-refractivity contribution in [2.24, 2.45) is 27.9 Å². The Hall–Kier alpha value is -3.60. The first-order chi connectivity index (χ1) is 17.3. The van der Waals surface area contributed by atoms with E-state index in [-0.39, 0.29) is 44.6 Å². The molecule has 0 bridgehead atoms.